The van der Waals surface area contributed by atoms with Crippen molar-refractivity contribution in [3.8, 4) is 0 Å². The van der Waals surface area contributed by atoms with E-state index in [0.29, 0.717) is 27.7 Å². The standard InChI is InChI=1S/C10H15Cl2N3S/c1-3-6(5-16-2)14-10-8(12)4-7(11)9(13)15-10/h4,6H,3,5H2,1-2H3,(H3,13,14,15). The molecule has 6 heteroatoms. The van der Waals surface area contributed by atoms with Gasteiger partial charge in [0.05, 0.1) is 10.0 Å². The van der Waals surface area contributed by atoms with Crippen molar-refractivity contribution in [2.45, 2.75) is 19.4 Å². The highest BCUT2D eigenvalue weighted by molar-refractivity contribution is 7.98. The highest BCUT2D eigenvalue weighted by Gasteiger charge is 2.11. The Balaban J connectivity index is 2.83. The molecular weight excluding hydrogens is 265 g/mol. The minimum absolute atomic E-state index is 0.299. The van der Waals surface area contributed by atoms with Crippen molar-refractivity contribution in [1.82, 2.24) is 4.98 Å². The Labute approximate surface area is 110 Å². The molecule has 1 aromatic rings. The summed E-state index contributed by atoms with van der Waals surface area (Å²) in [7, 11) is 0. The molecule has 1 rings (SSSR count). The Morgan fingerprint density at radius 2 is 2.19 bits per heavy atom. The minimum atomic E-state index is 0.299. The van der Waals surface area contributed by atoms with E-state index in [1.54, 1.807) is 17.8 Å². The molecule has 0 bridgehead atoms. The first kappa shape index (κ1) is 13.7. The van der Waals surface area contributed by atoms with Gasteiger partial charge in [0.1, 0.15) is 11.6 Å². The smallest absolute Gasteiger partial charge is 0.147 e. The van der Waals surface area contributed by atoms with Crippen LogP contribution in [0.3, 0.4) is 0 Å². The molecule has 0 amide bonds. The van der Waals surface area contributed by atoms with E-state index in [0.717, 1.165) is 12.2 Å². The van der Waals surface area contributed by atoms with Crippen LogP contribution in [0.5, 0.6) is 0 Å². The van der Waals surface area contributed by atoms with E-state index >= 15 is 0 Å². The maximum atomic E-state index is 6.03. The fourth-order valence-electron chi connectivity index (χ4n) is 1.24. The second-order valence-electron chi connectivity index (χ2n) is 3.39. The molecule has 0 aliphatic rings. The van der Waals surface area contributed by atoms with Gasteiger partial charge < -0.3 is 11.1 Å². The van der Waals surface area contributed by atoms with Crippen LogP contribution in [0.4, 0.5) is 11.6 Å². The third-order valence-corrected chi connectivity index (χ3v) is 3.48. The predicted octanol–water partition coefficient (Wildman–Crippen LogP) is 3.52. The van der Waals surface area contributed by atoms with Crippen molar-refractivity contribution in [3.05, 3.63) is 16.1 Å². The SMILES string of the molecule is CCC(CSC)Nc1nc(N)c(Cl)cc1Cl. The number of aromatic nitrogens is 1. The van der Waals surface area contributed by atoms with Crippen LogP contribution >= 0.6 is 35.0 Å². The largest absolute Gasteiger partial charge is 0.382 e. The van der Waals surface area contributed by atoms with Gasteiger partial charge in [-0.25, -0.2) is 4.98 Å². The molecule has 1 aromatic heterocycles. The first-order valence-corrected chi connectivity index (χ1v) is 7.10. The van der Waals surface area contributed by atoms with Crippen molar-refractivity contribution in [2.24, 2.45) is 0 Å². The van der Waals surface area contributed by atoms with Crippen molar-refractivity contribution in [3.63, 3.8) is 0 Å². The van der Waals surface area contributed by atoms with Crippen LogP contribution in [0.1, 0.15) is 13.3 Å². The van der Waals surface area contributed by atoms with Gasteiger partial charge in [-0.2, -0.15) is 11.8 Å². The van der Waals surface area contributed by atoms with Crippen LogP contribution in [0.25, 0.3) is 0 Å². The van der Waals surface area contributed by atoms with E-state index in [9.17, 15) is 0 Å². The zero-order valence-electron chi connectivity index (χ0n) is 9.26. The predicted molar refractivity (Wildman–Crippen MR) is 74.8 cm³/mol. The summed E-state index contributed by atoms with van der Waals surface area (Å²) in [5.41, 5.74) is 5.63. The van der Waals surface area contributed by atoms with E-state index in [4.69, 9.17) is 28.9 Å². The maximum absolute atomic E-state index is 6.03. The number of hydrogen-bond acceptors (Lipinski definition) is 4. The third kappa shape index (κ3) is 3.61. The summed E-state index contributed by atoms with van der Waals surface area (Å²) in [4.78, 5) is 4.14. The van der Waals surface area contributed by atoms with Crippen molar-refractivity contribution in [2.75, 3.05) is 23.1 Å². The Morgan fingerprint density at radius 1 is 1.50 bits per heavy atom. The van der Waals surface area contributed by atoms with Crippen molar-refractivity contribution < 1.29 is 0 Å². The summed E-state index contributed by atoms with van der Waals surface area (Å²) >= 11 is 13.6. The zero-order chi connectivity index (χ0) is 12.1. The number of pyridine rings is 1. The van der Waals surface area contributed by atoms with Gasteiger partial charge in [0, 0.05) is 11.8 Å². The minimum Gasteiger partial charge on any atom is -0.382 e. The molecule has 0 fully saturated rings. The van der Waals surface area contributed by atoms with Gasteiger partial charge in [0.2, 0.25) is 0 Å². The van der Waals surface area contributed by atoms with Gasteiger partial charge in [-0.05, 0) is 18.7 Å². The second kappa shape index (κ2) is 6.42. The number of anilines is 2. The van der Waals surface area contributed by atoms with Crippen LogP contribution in [-0.4, -0.2) is 23.0 Å². The first-order valence-electron chi connectivity index (χ1n) is 4.95. The van der Waals surface area contributed by atoms with E-state index in [2.05, 4.69) is 23.5 Å². The van der Waals surface area contributed by atoms with E-state index < -0.39 is 0 Å². The Hall–Kier alpha value is -0.320. The molecule has 0 spiro atoms. The average molecular weight is 280 g/mol. The van der Waals surface area contributed by atoms with Crippen LogP contribution in [0.15, 0.2) is 6.07 Å². The summed E-state index contributed by atoms with van der Waals surface area (Å²) in [5, 5.41) is 4.15. The number of nitrogens with zero attached hydrogens (tertiary/aromatic N) is 1. The highest BCUT2D eigenvalue weighted by atomic mass is 35.5. The topological polar surface area (TPSA) is 50.9 Å². The van der Waals surface area contributed by atoms with Gasteiger partial charge in [-0.3, -0.25) is 0 Å². The van der Waals surface area contributed by atoms with Crippen LogP contribution in [-0.2, 0) is 0 Å². The number of nitrogen functional groups attached to an aromatic ring is 1. The third-order valence-electron chi connectivity index (χ3n) is 2.16. The fraction of sp³-hybridized carbons (Fsp3) is 0.500. The fourth-order valence-corrected chi connectivity index (χ4v) is 2.37. The van der Waals surface area contributed by atoms with Crippen LogP contribution in [0.2, 0.25) is 10.0 Å². The molecule has 16 heavy (non-hydrogen) atoms. The molecule has 0 aliphatic carbocycles. The Morgan fingerprint density at radius 3 is 2.75 bits per heavy atom. The number of nitrogens with one attached hydrogen (secondary N) is 1. The molecule has 1 unspecified atom stereocenters. The summed E-state index contributed by atoms with van der Waals surface area (Å²) in [6, 6.07) is 1.94. The molecule has 3 N–H and O–H groups in total. The summed E-state index contributed by atoms with van der Waals surface area (Å²) in [5.74, 6) is 1.90. The van der Waals surface area contributed by atoms with E-state index in [1.807, 2.05) is 0 Å². The van der Waals surface area contributed by atoms with E-state index in [-0.39, 0.29) is 0 Å². The molecular formula is C10H15Cl2N3S. The molecule has 1 atom stereocenters. The van der Waals surface area contributed by atoms with Gasteiger partial charge in [0.25, 0.3) is 0 Å². The van der Waals surface area contributed by atoms with Crippen molar-refractivity contribution >= 4 is 46.6 Å². The van der Waals surface area contributed by atoms with Crippen molar-refractivity contribution in [1.29, 1.82) is 0 Å². The monoisotopic (exact) mass is 279 g/mol. The maximum Gasteiger partial charge on any atom is 0.147 e. The molecule has 0 aliphatic heterocycles. The normalized spacial score (nSPS) is 12.5. The molecule has 0 saturated heterocycles. The summed E-state index contributed by atoms with van der Waals surface area (Å²) < 4.78 is 0. The van der Waals surface area contributed by atoms with Gasteiger partial charge in [0.15, 0.2) is 0 Å². The molecule has 3 nitrogen and oxygen atoms in total. The molecule has 0 aromatic carbocycles. The number of halogens is 2. The number of hydrogen-bond donors (Lipinski definition) is 2. The van der Waals surface area contributed by atoms with Crippen LogP contribution in [0, 0.1) is 0 Å². The lowest BCUT2D eigenvalue weighted by Crippen LogP contribution is -2.22. The van der Waals surface area contributed by atoms with Gasteiger partial charge >= 0.3 is 0 Å². The number of rotatable bonds is 5. The molecule has 0 radical (unpaired) electrons. The Kier molecular flexibility index (Phi) is 5.52. The van der Waals surface area contributed by atoms with Gasteiger partial charge in [-0.1, -0.05) is 30.1 Å². The summed E-state index contributed by atoms with van der Waals surface area (Å²) in [6.45, 7) is 2.11. The lowest BCUT2D eigenvalue weighted by atomic mass is 10.2. The molecule has 90 valence electrons. The second-order valence-corrected chi connectivity index (χ2v) is 5.12. The number of nitrogens with two attached hydrogens (primary N) is 1. The Bertz CT molecular complexity index is 360. The molecule has 1 heterocycles. The highest BCUT2D eigenvalue weighted by Crippen LogP contribution is 2.28. The lowest BCUT2D eigenvalue weighted by molar-refractivity contribution is 0.770. The average Bonchev–Trinajstić information content (AvgIpc) is 2.25. The first-order chi connectivity index (χ1) is 7.58. The van der Waals surface area contributed by atoms with Gasteiger partial charge in [-0.15, -0.1) is 0 Å². The summed E-state index contributed by atoms with van der Waals surface area (Å²) in [6.07, 6.45) is 3.07. The quantitative estimate of drug-likeness (QED) is 0.866. The molecule has 0 saturated carbocycles. The number of thioether (sulfide) groups is 1. The van der Waals surface area contributed by atoms with Crippen LogP contribution < -0.4 is 11.1 Å². The van der Waals surface area contributed by atoms with E-state index in [1.165, 1.54) is 0 Å². The zero-order valence-corrected chi connectivity index (χ0v) is 11.6. The lowest BCUT2D eigenvalue weighted by Gasteiger charge is -2.17.